The number of hydrogen-bond acceptors (Lipinski definition) is 3. The number of fused-ring (bicyclic) bond motifs is 1. The normalized spacial score (nSPS) is 11.6. The van der Waals surface area contributed by atoms with Crippen molar-refractivity contribution < 1.29 is 22.7 Å². The van der Waals surface area contributed by atoms with Gasteiger partial charge in [-0.3, -0.25) is 0 Å². The molecular formula is C15H10F3N3O2. The summed E-state index contributed by atoms with van der Waals surface area (Å²) in [6.45, 7) is 0. The van der Waals surface area contributed by atoms with Crippen molar-refractivity contribution in [3.63, 3.8) is 0 Å². The molecule has 0 aliphatic carbocycles. The lowest BCUT2D eigenvalue weighted by atomic mass is 10.1. The third-order valence-corrected chi connectivity index (χ3v) is 3.14. The molecule has 0 radical (unpaired) electrons. The lowest BCUT2D eigenvalue weighted by molar-refractivity contribution is -0.137. The Labute approximate surface area is 128 Å². The molecule has 0 atom stereocenters. The number of alkyl halides is 3. The molecule has 3 rings (SSSR count). The number of carbonyl (C=O) groups is 1. The van der Waals surface area contributed by atoms with Crippen LogP contribution in [0.2, 0.25) is 0 Å². The summed E-state index contributed by atoms with van der Waals surface area (Å²) in [7, 11) is 0. The maximum atomic E-state index is 12.8. The first-order valence-electron chi connectivity index (χ1n) is 6.47. The lowest BCUT2D eigenvalue weighted by Crippen LogP contribution is -2.16. The molecule has 2 aromatic heterocycles. The molecule has 3 aromatic rings. The highest BCUT2D eigenvalue weighted by Gasteiger charge is 2.30. The van der Waals surface area contributed by atoms with Crippen LogP contribution in [0.25, 0.3) is 16.9 Å². The van der Waals surface area contributed by atoms with Gasteiger partial charge in [0.25, 0.3) is 0 Å². The van der Waals surface area contributed by atoms with E-state index < -0.39 is 17.8 Å². The highest BCUT2D eigenvalue weighted by Crippen LogP contribution is 2.32. The number of benzene rings is 1. The Kier molecular flexibility index (Phi) is 3.44. The van der Waals surface area contributed by atoms with Crippen molar-refractivity contribution in [3.05, 3.63) is 54.4 Å². The Morgan fingerprint density at radius 1 is 1.22 bits per heavy atom. The summed E-state index contributed by atoms with van der Waals surface area (Å²) >= 11 is 0. The summed E-state index contributed by atoms with van der Waals surface area (Å²) in [6.07, 6.45) is -2.26. The van der Waals surface area contributed by atoms with Crippen molar-refractivity contribution in [2.75, 3.05) is 0 Å². The monoisotopic (exact) mass is 321 g/mol. The van der Waals surface area contributed by atoms with Crippen LogP contribution in [0.4, 0.5) is 18.0 Å². The van der Waals surface area contributed by atoms with E-state index in [0.29, 0.717) is 11.3 Å². The van der Waals surface area contributed by atoms with Gasteiger partial charge < -0.3 is 14.9 Å². The fourth-order valence-electron chi connectivity index (χ4n) is 2.17. The molecule has 2 N–H and O–H groups in total. The van der Waals surface area contributed by atoms with Crippen LogP contribution in [-0.4, -0.2) is 15.5 Å². The first-order valence-corrected chi connectivity index (χ1v) is 6.47. The molecule has 1 aromatic carbocycles. The van der Waals surface area contributed by atoms with Gasteiger partial charge in [-0.15, -0.1) is 0 Å². The number of pyridine rings is 1. The number of hydrogen-bond donors (Lipinski definition) is 1. The molecule has 0 saturated carbocycles. The van der Waals surface area contributed by atoms with Crippen LogP contribution in [-0.2, 0) is 6.18 Å². The average Bonchev–Trinajstić information content (AvgIpc) is 2.91. The molecule has 23 heavy (non-hydrogen) atoms. The molecular weight excluding hydrogens is 311 g/mol. The number of aromatic nitrogens is 2. The quantitative estimate of drug-likeness (QED) is 0.785. The zero-order chi connectivity index (χ0) is 16.6. The van der Waals surface area contributed by atoms with E-state index >= 15 is 0 Å². The predicted octanol–water partition coefficient (Wildman–Crippen LogP) is 3.48. The fraction of sp³-hybridized carbons (Fsp3) is 0.0667. The van der Waals surface area contributed by atoms with Gasteiger partial charge in [0.15, 0.2) is 11.4 Å². The van der Waals surface area contributed by atoms with E-state index in [1.54, 1.807) is 18.5 Å². The first-order chi connectivity index (χ1) is 10.8. The average molecular weight is 321 g/mol. The van der Waals surface area contributed by atoms with Gasteiger partial charge in [0.1, 0.15) is 0 Å². The van der Waals surface area contributed by atoms with Gasteiger partial charge in [-0.05, 0) is 24.3 Å². The molecule has 2 heterocycles. The van der Waals surface area contributed by atoms with Crippen LogP contribution >= 0.6 is 0 Å². The topological polar surface area (TPSA) is 69.6 Å². The smallest absolute Gasteiger partial charge is 0.406 e. The van der Waals surface area contributed by atoms with E-state index in [4.69, 9.17) is 10.5 Å². The number of halogens is 3. The minimum Gasteiger partial charge on any atom is -0.406 e. The van der Waals surface area contributed by atoms with E-state index in [1.165, 1.54) is 22.6 Å². The zero-order valence-corrected chi connectivity index (χ0v) is 11.5. The molecule has 5 nitrogen and oxygen atoms in total. The molecule has 0 aliphatic heterocycles. The maximum absolute atomic E-state index is 12.8. The fourth-order valence-corrected chi connectivity index (χ4v) is 2.17. The molecule has 1 amide bonds. The number of nitrogens with two attached hydrogens (primary N) is 1. The number of amides is 1. The van der Waals surface area contributed by atoms with Gasteiger partial charge in [0, 0.05) is 18.0 Å². The molecule has 0 fully saturated rings. The minimum atomic E-state index is -4.44. The number of rotatable bonds is 2. The second-order valence-corrected chi connectivity index (χ2v) is 4.73. The van der Waals surface area contributed by atoms with Gasteiger partial charge >= 0.3 is 12.3 Å². The number of carbonyl (C=O) groups excluding carboxylic acids is 1. The standard InChI is InChI=1S/C15H10F3N3O2/c16-15(17,18)10-4-1-3-9(7-10)11-8-21-6-2-5-12(13(21)20-11)23-14(19)22/h1-8H,(H2,19,22). The Bertz CT molecular complexity index is 887. The molecule has 118 valence electrons. The van der Waals surface area contributed by atoms with Crippen molar-refractivity contribution in [1.29, 1.82) is 0 Å². The highest BCUT2D eigenvalue weighted by molar-refractivity contribution is 5.73. The van der Waals surface area contributed by atoms with E-state index in [1.807, 2.05) is 0 Å². The summed E-state index contributed by atoms with van der Waals surface area (Å²) < 4.78 is 44.8. The number of nitrogens with zero attached hydrogens (tertiary/aromatic N) is 2. The third kappa shape index (κ3) is 2.96. The minimum absolute atomic E-state index is 0.123. The summed E-state index contributed by atoms with van der Waals surface area (Å²) in [4.78, 5) is 15.1. The van der Waals surface area contributed by atoms with Crippen LogP contribution in [0.15, 0.2) is 48.8 Å². The molecule has 0 bridgehead atoms. The van der Waals surface area contributed by atoms with E-state index in [0.717, 1.165) is 12.1 Å². The Morgan fingerprint density at radius 2 is 2.00 bits per heavy atom. The van der Waals surface area contributed by atoms with Crippen LogP contribution < -0.4 is 10.5 Å². The van der Waals surface area contributed by atoms with Crippen LogP contribution in [0.1, 0.15) is 5.56 Å². The van der Waals surface area contributed by atoms with Crippen LogP contribution in [0.3, 0.4) is 0 Å². The van der Waals surface area contributed by atoms with Crippen LogP contribution in [0.5, 0.6) is 5.75 Å². The predicted molar refractivity (Wildman–Crippen MR) is 75.8 cm³/mol. The summed E-state index contributed by atoms with van der Waals surface area (Å²) in [5.41, 5.74) is 5.11. The largest absolute Gasteiger partial charge is 0.416 e. The molecule has 8 heteroatoms. The van der Waals surface area contributed by atoms with E-state index in [9.17, 15) is 18.0 Å². The Hall–Kier alpha value is -3.03. The number of imidazole rings is 1. The third-order valence-electron chi connectivity index (χ3n) is 3.14. The SMILES string of the molecule is NC(=O)Oc1cccn2cc(-c3cccc(C(F)(F)F)c3)nc12. The zero-order valence-electron chi connectivity index (χ0n) is 11.5. The molecule has 0 unspecified atom stereocenters. The van der Waals surface area contributed by atoms with Gasteiger partial charge in [0.2, 0.25) is 0 Å². The summed E-state index contributed by atoms with van der Waals surface area (Å²) in [6, 6.07) is 7.91. The van der Waals surface area contributed by atoms with E-state index in [2.05, 4.69) is 4.98 Å². The molecule has 0 spiro atoms. The summed E-state index contributed by atoms with van der Waals surface area (Å²) in [5.74, 6) is 0.123. The lowest BCUT2D eigenvalue weighted by Gasteiger charge is -2.07. The second kappa shape index (κ2) is 5.31. The van der Waals surface area contributed by atoms with Gasteiger partial charge in [0.05, 0.1) is 11.3 Å². The van der Waals surface area contributed by atoms with Crippen molar-refractivity contribution in [3.8, 4) is 17.0 Å². The molecule has 0 aliphatic rings. The van der Waals surface area contributed by atoms with Gasteiger partial charge in [-0.25, -0.2) is 9.78 Å². The van der Waals surface area contributed by atoms with Crippen molar-refractivity contribution >= 4 is 11.7 Å². The highest BCUT2D eigenvalue weighted by atomic mass is 19.4. The van der Waals surface area contributed by atoms with Gasteiger partial charge in [-0.1, -0.05) is 12.1 Å². The second-order valence-electron chi connectivity index (χ2n) is 4.73. The van der Waals surface area contributed by atoms with Crippen LogP contribution in [0, 0.1) is 0 Å². The van der Waals surface area contributed by atoms with E-state index in [-0.39, 0.29) is 11.4 Å². The first kappa shape index (κ1) is 14.9. The van der Waals surface area contributed by atoms with Crippen molar-refractivity contribution in [1.82, 2.24) is 9.38 Å². The Morgan fingerprint density at radius 3 is 2.70 bits per heavy atom. The Balaban J connectivity index is 2.09. The maximum Gasteiger partial charge on any atom is 0.416 e. The van der Waals surface area contributed by atoms with Gasteiger partial charge in [-0.2, -0.15) is 13.2 Å². The molecule has 0 saturated heterocycles. The van der Waals surface area contributed by atoms with Crippen molar-refractivity contribution in [2.45, 2.75) is 6.18 Å². The number of ether oxygens (including phenoxy) is 1. The number of primary amides is 1. The summed E-state index contributed by atoms with van der Waals surface area (Å²) in [5, 5.41) is 0. The van der Waals surface area contributed by atoms with Crippen molar-refractivity contribution in [2.24, 2.45) is 5.73 Å².